The number of aliphatic hydroxyl groups excluding tert-OH is 2. The van der Waals surface area contributed by atoms with Crippen LogP contribution in [0, 0.1) is 12.8 Å². The van der Waals surface area contributed by atoms with Gasteiger partial charge in [-0.3, -0.25) is 0 Å². The van der Waals surface area contributed by atoms with Crippen LogP contribution in [0.1, 0.15) is 55.9 Å². The monoisotopic (exact) mass is 278 g/mol. The van der Waals surface area contributed by atoms with E-state index in [1.807, 2.05) is 13.8 Å². The third kappa shape index (κ3) is 2.90. The predicted molar refractivity (Wildman–Crippen MR) is 79.8 cm³/mol. The molecule has 0 radical (unpaired) electrons. The van der Waals surface area contributed by atoms with E-state index in [0.717, 1.165) is 0 Å². The highest BCUT2D eigenvalue weighted by Crippen LogP contribution is 2.42. The quantitative estimate of drug-likeness (QED) is 0.890. The van der Waals surface area contributed by atoms with E-state index in [1.54, 1.807) is 0 Å². The zero-order chi connectivity index (χ0) is 14.9. The lowest BCUT2D eigenvalue weighted by Crippen LogP contribution is -2.38. The van der Waals surface area contributed by atoms with E-state index in [0.29, 0.717) is 6.42 Å². The van der Waals surface area contributed by atoms with Crippen molar-refractivity contribution in [2.75, 3.05) is 6.61 Å². The second-order valence-electron chi connectivity index (χ2n) is 6.12. The van der Waals surface area contributed by atoms with E-state index >= 15 is 0 Å². The van der Waals surface area contributed by atoms with Crippen molar-refractivity contribution in [2.24, 2.45) is 5.92 Å². The van der Waals surface area contributed by atoms with Crippen LogP contribution in [0.25, 0.3) is 0 Å². The minimum atomic E-state index is -0.399. The zero-order valence-electron chi connectivity index (χ0n) is 12.8. The van der Waals surface area contributed by atoms with Gasteiger partial charge in [0.2, 0.25) is 0 Å². The summed E-state index contributed by atoms with van der Waals surface area (Å²) in [6.45, 7) is 8.19. The van der Waals surface area contributed by atoms with Gasteiger partial charge in [0.25, 0.3) is 0 Å². The Morgan fingerprint density at radius 3 is 2.55 bits per heavy atom. The minimum Gasteiger partial charge on any atom is -0.396 e. The maximum atomic E-state index is 9.87. The summed E-state index contributed by atoms with van der Waals surface area (Å²) in [5, 5.41) is 19.2. The second kappa shape index (κ2) is 6.25. The first-order valence-corrected chi connectivity index (χ1v) is 7.50. The van der Waals surface area contributed by atoms with Gasteiger partial charge in [-0.25, -0.2) is 0 Å². The molecule has 20 heavy (non-hydrogen) atoms. The molecular weight excluding hydrogens is 252 g/mol. The molecule has 3 heteroatoms. The van der Waals surface area contributed by atoms with Crippen molar-refractivity contribution in [2.45, 2.75) is 58.3 Å². The standard InChI is InChI=1S/C17H26O3/c1-10-5-6-14-12(3)17(11(2)13(4)19)20-16(7-8-18)15(14)9-10/h5-6,9,11-13,16-19H,7-8H2,1-4H3/t11-,12-,13+,16+,17-/m1/s1. The molecule has 2 rings (SSSR count). The first kappa shape index (κ1) is 15.5. The van der Waals surface area contributed by atoms with Crippen LogP contribution in [0.3, 0.4) is 0 Å². The summed E-state index contributed by atoms with van der Waals surface area (Å²) in [6.07, 6.45) is 0.120. The number of hydrogen-bond donors (Lipinski definition) is 2. The molecule has 0 aromatic heterocycles. The molecule has 5 atom stereocenters. The molecular formula is C17H26O3. The number of hydrogen-bond acceptors (Lipinski definition) is 3. The van der Waals surface area contributed by atoms with Crippen molar-refractivity contribution in [3.8, 4) is 0 Å². The Kier molecular flexibility index (Phi) is 4.84. The zero-order valence-corrected chi connectivity index (χ0v) is 12.8. The normalized spacial score (nSPS) is 28.8. The van der Waals surface area contributed by atoms with E-state index in [2.05, 4.69) is 32.0 Å². The number of benzene rings is 1. The first-order valence-electron chi connectivity index (χ1n) is 7.50. The van der Waals surface area contributed by atoms with Crippen LogP contribution in [-0.2, 0) is 4.74 Å². The van der Waals surface area contributed by atoms with E-state index < -0.39 is 6.10 Å². The molecule has 1 aliphatic rings. The van der Waals surface area contributed by atoms with Gasteiger partial charge in [0, 0.05) is 24.9 Å². The summed E-state index contributed by atoms with van der Waals surface area (Å²) in [6, 6.07) is 6.46. The van der Waals surface area contributed by atoms with Crippen molar-refractivity contribution in [1.29, 1.82) is 0 Å². The Bertz CT molecular complexity index is 456. The smallest absolute Gasteiger partial charge is 0.0853 e. The Balaban J connectivity index is 2.38. The second-order valence-corrected chi connectivity index (χ2v) is 6.12. The molecule has 1 aromatic carbocycles. The van der Waals surface area contributed by atoms with Gasteiger partial charge in [-0.1, -0.05) is 37.6 Å². The average Bonchev–Trinajstić information content (AvgIpc) is 2.41. The largest absolute Gasteiger partial charge is 0.396 e. The minimum absolute atomic E-state index is 0.0123. The lowest BCUT2D eigenvalue weighted by Gasteiger charge is -2.40. The maximum absolute atomic E-state index is 9.87. The van der Waals surface area contributed by atoms with Crippen LogP contribution >= 0.6 is 0 Å². The van der Waals surface area contributed by atoms with Gasteiger partial charge < -0.3 is 14.9 Å². The third-order valence-corrected chi connectivity index (χ3v) is 4.56. The SMILES string of the molecule is Cc1ccc2c(c1)[C@H](CCO)O[C@H]([C@H](C)[C@H](C)O)[C@@H]2C. The number of aryl methyl sites for hydroxylation is 1. The van der Waals surface area contributed by atoms with E-state index in [-0.39, 0.29) is 30.7 Å². The lowest BCUT2D eigenvalue weighted by molar-refractivity contribution is -0.0948. The van der Waals surface area contributed by atoms with Gasteiger partial charge in [-0.2, -0.15) is 0 Å². The van der Waals surface area contributed by atoms with Crippen molar-refractivity contribution in [1.82, 2.24) is 0 Å². The third-order valence-electron chi connectivity index (χ3n) is 4.56. The molecule has 0 unspecified atom stereocenters. The Morgan fingerprint density at radius 1 is 1.25 bits per heavy atom. The molecule has 3 nitrogen and oxygen atoms in total. The molecule has 0 amide bonds. The molecule has 0 bridgehead atoms. The van der Waals surface area contributed by atoms with E-state index in [9.17, 15) is 10.2 Å². The molecule has 1 aliphatic heterocycles. The van der Waals surface area contributed by atoms with Crippen molar-refractivity contribution >= 4 is 0 Å². The molecule has 1 heterocycles. The average molecular weight is 278 g/mol. The fourth-order valence-electron chi connectivity index (χ4n) is 3.14. The number of fused-ring (bicyclic) bond motifs is 1. The Morgan fingerprint density at radius 2 is 1.95 bits per heavy atom. The van der Waals surface area contributed by atoms with Crippen LogP contribution in [0.4, 0.5) is 0 Å². The summed E-state index contributed by atoms with van der Waals surface area (Å²) >= 11 is 0. The molecule has 0 saturated heterocycles. The van der Waals surface area contributed by atoms with E-state index in [1.165, 1.54) is 16.7 Å². The summed E-state index contributed by atoms with van der Waals surface area (Å²) < 4.78 is 6.22. The first-order chi connectivity index (χ1) is 9.45. The predicted octanol–water partition coefficient (Wildman–Crippen LogP) is 2.94. The van der Waals surface area contributed by atoms with Crippen molar-refractivity contribution in [3.63, 3.8) is 0 Å². The molecule has 112 valence electrons. The van der Waals surface area contributed by atoms with Gasteiger partial charge in [0.05, 0.1) is 18.3 Å². The number of aliphatic hydroxyl groups is 2. The highest BCUT2D eigenvalue weighted by atomic mass is 16.5. The fourth-order valence-corrected chi connectivity index (χ4v) is 3.14. The topological polar surface area (TPSA) is 49.7 Å². The van der Waals surface area contributed by atoms with Crippen LogP contribution in [0.15, 0.2) is 18.2 Å². The molecule has 0 spiro atoms. The highest BCUT2D eigenvalue weighted by Gasteiger charge is 2.37. The van der Waals surface area contributed by atoms with Gasteiger partial charge in [-0.05, 0) is 25.0 Å². The molecule has 0 saturated carbocycles. The molecule has 0 fully saturated rings. The van der Waals surface area contributed by atoms with Crippen LogP contribution in [0.5, 0.6) is 0 Å². The highest BCUT2D eigenvalue weighted by molar-refractivity contribution is 5.38. The Hall–Kier alpha value is -0.900. The molecule has 0 aliphatic carbocycles. The Labute approximate surface area is 121 Å². The van der Waals surface area contributed by atoms with Gasteiger partial charge in [-0.15, -0.1) is 0 Å². The van der Waals surface area contributed by atoms with Crippen LogP contribution in [-0.4, -0.2) is 29.0 Å². The fraction of sp³-hybridized carbons (Fsp3) is 0.647. The lowest BCUT2D eigenvalue weighted by atomic mass is 9.79. The van der Waals surface area contributed by atoms with Crippen molar-refractivity contribution in [3.05, 3.63) is 34.9 Å². The molecule has 2 N–H and O–H groups in total. The summed E-state index contributed by atoms with van der Waals surface area (Å²) in [4.78, 5) is 0. The van der Waals surface area contributed by atoms with Crippen LogP contribution < -0.4 is 0 Å². The maximum Gasteiger partial charge on any atom is 0.0853 e. The molecule has 1 aromatic rings. The van der Waals surface area contributed by atoms with Crippen molar-refractivity contribution < 1.29 is 14.9 Å². The van der Waals surface area contributed by atoms with Gasteiger partial charge >= 0.3 is 0 Å². The summed E-state index contributed by atoms with van der Waals surface area (Å²) in [7, 11) is 0. The summed E-state index contributed by atoms with van der Waals surface area (Å²) in [5.74, 6) is 0.325. The van der Waals surface area contributed by atoms with Gasteiger partial charge in [0.1, 0.15) is 0 Å². The van der Waals surface area contributed by atoms with Gasteiger partial charge in [0.15, 0.2) is 0 Å². The number of ether oxygens (including phenoxy) is 1. The van der Waals surface area contributed by atoms with E-state index in [4.69, 9.17) is 4.74 Å². The number of rotatable bonds is 4. The summed E-state index contributed by atoms with van der Waals surface area (Å²) in [5.41, 5.74) is 3.70. The van der Waals surface area contributed by atoms with Crippen LogP contribution in [0.2, 0.25) is 0 Å².